The number of carbonyl (C=O) groups is 2. The molecule has 0 aliphatic carbocycles. The third-order valence-corrected chi connectivity index (χ3v) is 4.94. The average Bonchev–Trinajstić information content (AvgIpc) is 2.74. The van der Waals surface area contributed by atoms with Crippen LogP contribution in [0, 0.1) is 5.82 Å². The van der Waals surface area contributed by atoms with E-state index in [1.54, 1.807) is 29.2 Å². The van der Waals surface area contributed by atoms with Gasteiger partial charge in [0.05, 0.1) is 11.7 Å². The molecule has 0 atom stereocenters. The number of rotatable bonds is 7. The molecule has 156 valence electrons. The molecule has 1 saturated heterocycles. The van der Waals surface area contributed by atoms with Crippen molar-refractivity contribution in [1.29, 1.82) is 0 Å². The topological polar surface area (TPSA) is 72.6 Å². The quantitative estimate of drug-likeness (QED) is 0.550. The van der Waals surface area contributed by atoms with Crippen LogP contribution < -0.4 is 5.73 Å². The largest absolute Gasteiger partial charge is 0.378 e. The Morgan fingerprint density at radius 1 is 1.03 bits per heavy atom. The van der Waals surface area contributed by atoms with Crippen LogP contribution in [0.3, 0.4) is 0 Å². The zero-order valence-corrected chi connectivity index (χ0v) is 17.0. The first-order chi connectivity index (χ1) is 13.6. The fourth-order valence-corrected chi connectivity index (χ4v) is 3.35. The standard InChI is InChI=1S/C22H25FN2O3.ClH/c23-17-8-6-16(7-9-17)21(26)19-4-1-2-5-20(19)22(27)25-13-10-18(11-14-25)28-15-3-12-24;/h1-2,4-9,18H,3,10-15,24H2;1H. The molecule has 0 saturated carbocycles. The number of amides is 1. The van der Waals surface area contributed by atoms with Gasteiger partial charge in [-0.25, -0.2) is 4.39 Å². The second kappa shape index (κ2) is 11.0. The fourth-order valence-electron chi connectivity index (χ4n) is 3.35. The molecule has 2 aromatic rings. The first kappa shape index (κ1) is 23.0. The van der Waals surface area contributed by atoms with E-state index in [4.69, 9.17) is 10.5 Å². The SMILES string of the molecule is Cl.NCCCOC1CCN(C(=O)c2ccccc2C(=O)c2ccc(F)cc2)CC1. The lowest BCUT2D eigenvalue weighted by atomic mass is 9.96. The second-order valence-electron chi connectivity index (χ2n) is 6.89. The molecule has 2 N–H and O–H groups in total. The van der Waals surface area contributed by atoms with E-state index in [-0.39, 0.29) is 30.2 Å². The summed E-state index contributed by atoms with van der Waals surface area (Å²) in [5.41, 5.74) is 6.54. The van der Waals surface area contributed by atoms with Crippen LogP contribution in [0.15, 0.2) is 48.5 Å². The second-order valence-corrected chi connectivity index (χ2v) is 6.89. The number of ketones is 1. The fraction of sp³-hybridized carbons (Fsp3) is 0.364. The predicted molar refractivity (Wildman–Crippen MR) is 112 cm³/mol. The number of nitrogens with two attached hydrogens (primary N) is 1. The predicted octanol–water partition coefficient (Wildman–Crippen LogP) is 3.45. The van der Waals surface area contributed by atoms with Crippen molar-refractivity contribution in [2.45, 2.75) is 25.4 Å². The van der Waals surface area contributed by atoms with Crippen molar-refractivity contribution in [3.63, 3.8) is 0 Å². The Labute approximate surface area is 176 Å². The highest BCUT2D eigenvalue weighted by Gasteiger charge is 2.26. The van der Waals surface area contributed by atoms with Gasteiger partial charge in [0.2, 0.25) is 0 Å². The molecule has 3 rings (SSSR count). The molecule has 0 aromatic heterocycles. The molecule has 0 unspecified atom stereocenters. The first-order valence-electron chi connectivity index (χ1n) is 9.60. The first-order valence-corrected chi connectivity index (χ1v) is 9.60. The van der Waals surface area contributed by atoms with Gasteiger partial charge in [-0.1, -0.05) is 18.2 Å². The third-order valence-electron chi connectivity index (χ3n) is 4.94. The van der Waals surface area contributed by atoms with Crippen LogP contribution in [0.4, 0.5) is 4.39 Å². The van der Waals surface area contributed by atoms with E-state index in [2.05, 4.69) is 0 Å². The average molecular weight is 421 g/mol. The minimum absolute atomic E-state index is 0. The summed E-state index contributed by atoms with van der Waals surface area (Å²) in [6.45, 7) is 2.43. The van der Waals surface area contributed by atoms with E-state index in [9.17, 15) is 14.0 Å². The van der Waals surface area contributed by atoms with Gasteiger partial charge in [0.1, 0.15) is 5.82 Å². The highest BCUT2D eigenvalue weighted by atomic mass is 35.5. The monoisotopic (exact) mass is 420 g/mol. The van der Waals surface area contributed by atoms with Gasteiger partial charge in [-0.3, -0.25) is 9.59 Å². The Bertz CT molecular complexity index is 821. The Kier molecular flexibility index (Phi) is 8.76. The van der Waals surface area contributed by atoms with Gasteiger partial charge in [-0.2, -0.15) is 0 Å². The van der Waals surface area contributed by atoms with Crippen molar-refractivity contribution in [3.05, 3.63) is 71.0 Å². The molecule has 5 nitrogen and oxygen atoms in total. The number of ether oxygens (including phenoxy) is 1. The van der Waals surface area contributed by atoms with Crippen LogP contribution in [-0.2, 0) is 4.74 Å². The molecule has 0 bridgehead atoms. The maximum absolute atomic E-state index is 13.1. The number of likely N-dealkylation sites (tertiary alicyclic amines) is 1. The lowest BCUT2D eigenvalue weighted by molar-refractivity contribution is 0.00840. The number of hydrogen-bond donors (Lipinski definition) is 1. The molecule has 29 heavy (non-hydrogen) atoms. The number of carbonyl (C=O) groups excluding carboxylic acids is 2. The summed E-state index contributed by atoms with van der Waals surface area (Å²) >= 11 is 0. The Hall–Kier alpha value is -2.28. The maximum atomic E-state index is 13.1. The molecule has 1 aliphatic rings. The molecule has 2 aromatic carbocycles. The Balaban J connectivity index is 0.00000300. The molecular weight excluding hydrogens is 395 g/mol. The Morgan fingerprint density at radius 2 is 1.66 bits per heavy atom. The van der Waals surface area contributed by atoms with Crippen LogP contribution in [0.2, 0.25) is 0 Å². The van der Waals surface area contributed by atoms with E-state index >= 15 is 0 Å². The summed E-state index contributed by atoms with van der Waals surface area (Å²) in [4.78, 5) is 27.6. The molecule has 1 fully saturated rings. The van der Waals surface area contributed by atoms with E-state index in [1.807, 2.05) is 0 Å². The van der Waals surface area contributed by atoms with Crippen molar-refractivity contribution in [2.75, 3.05) is 26.2 Å². The van der Waals surface area contributed by atoms with Crippen molar-refractivity contribution in [1.82, 2.24) is 4.90 Å². The van der Waals surface area contributed by atoms with Crippen molar-refractivity contribution in [2.24, 2.45) is 5.73 Å². The number of halogens is 2. The molecule has 0 spiro atoms. The zero-order valence-electron chi connectivity index (χ0n) is 16.2. The summed E-state index contributed by atoms with van der Waals surface area (Å²) in [7, 11) is 0. The van der Waals surface area contributed by atoms with Gasteiger partial charge in [-0.05, 0) is 56.1 Å². The van der Waals surface area contributed by atoms with Crippen molar-refractivity contribution in [3.8, 4) is 0 Å². The summed E-state index contributed by atoms with van der Waals surface area (Å²) in [5, 5.41) is 0. The van der Waals surface area contributed by atoms with Crippen LogP contribution in [-0.4, -0.2) is 48.9 Å². The number of benzene rings is 2. The number of hydrogen-bond acceptors (Lipinski definition) is 4. The van der Waals surface area contributed by atoms with Gasteiger partial charge in [0.25, 0.3) is 5.91 Å². The molecule has 1 aliphatic heterocycles. The molecular formula is C22H26ClFN2O3. The Morgan fingerprint density at radius 3 is 2.28 bits per heavy atom. The smallest absolute Gasteiger partial charge is 0.254 e. The van der Waals surface area contributed by atoms with Crippen molar-refractivity contribution < 1.29 is 18.7 Å². The highest BCUT2D eigenvalue weighted by molar-refractivity contribution is 6.15. The van der Waals surface area contributed by atoms with Gasteiger partial charge in [0, 0.05) is 30.8 Å². The number of piperidine rings is 1. The van der Waals surface area contributed by atoms with Crippen LogP contribution >= 0.6 is 12.4 Å². The summed E-state index contributed by atoms with van der Waals surface area (Å²) in [6, 6.07) is 12.1. The highest BCUT2D eigenvalue weighted by Crippen LogP contribution is 2.21. The zero-order chi connectivity index (χ0) is 19.9. The van der Waals surface area contributed by atoms with Gasteiger partial charge < -0.3 is 15.4 Å². The summed E-state index contributed by atoms with van der Waals surface area (Å²) in [6.07, 6.45) is 2.51. The van der Waals surface area contributed by atoms with Crippen molar-refractivity contribution >= 4 is 24.1 Å². The third kappa shape index (κ3) is 5.85. The van der Waals surface area contributed by atoms with E-state index in [0.717, 1.165) is 19.3 Å². The van der Waals surface area contributed by atoms with E-state index < -0.39 is 5.82 Å². The molecule has 0 radical (unpaired) electrons. The molecule has 1 heterocycles. The van der Waals surface area contributed by atoms with Gasteiger partial charge >= 0.3 is 0 Å². The van der Waals surface area contributed by atoms with Crippen LogP contribution in [0.5, 0.6) is 0 Å². The minimum atomic E-state index is -0.405. The van der Waals surface area contributed by atoms with Crippen LogP contribution in [0.1, 0.15) is 45.5 Å². The lowest BCUT2D eigenvalue weighted by Gasteiger charge is -2.32. The molecule has 1 amide bonds. The summed E-state index contributed by atoms with van der Waals surface area (Å²) in [5.74, 6) is -0.854. The van der Waals surface area contributed by atoms with E-state index in [0.29, 0.717) is 42.9 Å². The van der Waals surface area contributed by atoms with Gasteiger partial charge in [-0.15, -0.1) is 12.4 Å². The normalized spacial score (nSPS) is 14.3. The van der Waals surface area contributed by atoms with Crippen LogP contribution in [0.25, 0.3) is 0 Å². The maximum Gasteiger partial charge on any atom is 0.254 e. The summed E-state index contributed by atoms with van der Waals surface area (Å²) < 4.78 is 18.9. The lowest BCUT2D eigenvalue weighted by Crippen LogP contribution is -2.41. The van der Waals surface area contributed by atoms with E-state index in [1.165, 1.54) is 24.3 Å². The minimum Gasteiger partial charge on any atom is -0.378 e. The molecule has 7 heteroatoms. The number of nitrogens with zero attached hydrogens (tertiary/aromatic N) is 1. The van der Waals surface area contributed by atoms with Gasteiger partial charge in [0.15, 0.2) is 5.78 Å².